The van der Waals surface area contributed by atoms with Crippen LogP contribution < -0.4 is 5.32 Å². The molecule has 1 rings (SSSR count). The van der Waals surface area contributed by atoms with E-state index in [2.05, 4.69) is 10.3 Å². The zero-order valence-electron chi connectivity index (χ0n) is 10.9. The Morgan fingerprint density at radius 3 is 2.94 bits per heavy atom. The number of carbonyl (C=O) groups excluding carboxylic acids is 1. The Kier molecular flexibility index (Phi) is 5.52. The highest BCUT2D eigenvalue weighted by Gasteiger charge is 2.22. The molecule has 1 heterocycles. The van der Waals surface area contributed by atoms with Crippen molar-refractivity contribution in [2.75, 3.05) is 6.61 Å². The number of amides is 1. The van der Waals surface area contributed by atoms with Gasteiger partial charge in [0.1, 0.15) is 0 Å². The Hall–Kier alpha value is -1.68. The minimum absolute atomic E-state index is 0.0664. The summed E-state index contributed by atoms with van der Waals surface area (Å²) in [4.78, 5) is 15.7. The molecule has 0 spiro atoms. The highest BCUT2D eigenvalue weighted by Crippen LogP contribution is 2.13. The van der Waals surface area contributed by atoms with Crippen LogP contribution in [-0.2, 0) is 4.79 Å². The fraction of sp³-hybridized carbons (Fsp3) is 0.429. The van der Waals surface area contributed by atoms with Crippen LogP contribution in [0.2, 0.25) is 0 Å². The van der Waals surface area contributed by atoms with Gasteiger partial charge in [-0.2, -0.15) is 0 Å². The Bertz CT molecular complexity index is 404. The molecule has 4 nitrogen and oxygen atoms in total. The fourth-order valence-corrected chi connectivity index (χ4v) is 1.56. The van der Waals surface area contributed by atoms with Crippen LogP contribution >= 0.6 is 0 Å². The summed E-state index contributed by atoms with van der Waals surface area (Å²) in [6.07, 6.45) is 7.92. The van der Waals surface area contributed by atoms with Crippen molar-refractivity contribution in [3.05, 3.63) is 36.2 Å². The molecule has 4 heteroatoms. The third kappa shape index (κ3) is 4.67. The average Bonchev–Trinajstić information content (AvgIpc) is 2.38. The molecule has 98 valence electrons. The summed E-state index contributed by atoms with van der Waals surface area (Å²) in [6.45, 7) is 3.98. The Morgan fingerprint density at radius 2 is 2.39 bits per heavy atom. The van der Waals surface area contributed by atoms with E-state index in [1.54, 1.807) is 18.5 Å². The molecule has 0 bridgehead atoms. The molecule has 0 aliphatic carbocycles. The van der Waals surface area contributed by atoms with Crippen LogP contribution in [0.3, 0.4) is 0 Å². The van der Waals surface area contributed by atoms with Crippen molar-refractivity contribution in [2.45, 2.75) is 32.2 Å². The van der Waals surface area contributed by atoms with E-state index in [-0.39, 0.29) is 18.1 Å². The maximum Gasteiger partial charge on any atom is 0.244 e. The van der Waals surface area contributed by atoms with Gasteiger partial charge in [-0.05, 0) is 37.5 Å². The number of carbonyl (C=O) groups is 1. The molecule has 0 saturated heterocycles. The lowest BCUT2D eigenvalue weighted by atomic mass is 9.95. The first-order chi connectivity index (χ1) is 8.59. The van der Waals surface area contributed by atoms with E-state index in [0.29, 0.717) is 6.42 Å². The molecular formula is C14H20N2O2. The summed E-state index contributed by atoms with van der Waals surface area (Å²) in [7, 11) is 0. The second kappa shape index (κ2) is 6.91. The van der Waals surface area contributed by atoms with Crippen LogP contribution in [0.5, 0.6) is 0 Å². The van der Waals surface area contributed by atoms with Gasteiger partial charge in [0.05, 0.1) is 0 Å². The number of rotatable bonds is 6. The van der Waals surface area contributed by atoms with Gasteiger partial charge in [-0.25, -0.2) is 0 Å². The molecule has 0 aliphatic rings. The van der Waals surface area contributed by atoms with Crippen LogP contribution in [0, 0.1) is 0 Å². The van der Waals surface area contributed by atoms with E-state index < -0.39 is 0 Å². The number of aliphatic hydroxyl groups is 1. The van der Waals surface area contributed by atoms with Crippen molar-refractivity contribution in [1.82, 2.24) is 10.3 Å². The minimum Gasteiger partial charge on any atom is -0.396 e. The third-order valence-corrected chi connectivity index (χ3v) is 2.98. The van der Waals surface area contributed by atoms with Crippen LogP contribution in [0.4, 0.5) is 0 Å². The summed E-state index contributed by atoms with van der Waals surface area (Å²) in [6, 6.07) is 3.70. The monoisotopic (exact) mass is 248 g/mol. The van der Waals surface area contributed by atoms with E-state index in [1.807, 2.05) is 26.0 Å². The molecule has 1 aromatic heterocycles. The smallest absolute Gasteiger partial charge is 0.244 e. The Morgan fingerprint density at radius 1 is 1.61 bits per heavy atom. The van der Waals surface area contributed by atoms with Gasteiger partial charge in [-0.15, -0.1) is 0 Å². The predicted octanol–water partition coefficient (Wildman–Crippen LogP) is 1.76. The molecule has 0 saturated carbocycles. The quantitative estimate of drug-likeness (QED) is 0.754. The lowest BCUT2D eigenvalue weighted by Gasteiger charge is -2.28. The van der Waals surface area contributed by atoms with Crippen LogP contribution in [0.1, 0.15) is 32.3 Å². The summed E-state index contributed by atoms with van der Waals surface area (Å²) >= 11 is 0. The number of nitrogens with zero attached hydrogens (tertiary/aromatic N) is 1. The van der Waals surface area contributed by atoms with Gasteiger partial charge in [0.15, 0.2) is 0 Å². The van der Waals surface area contributed by atoms with Crippen molar-refractivity contribution >= 4 is 12.0 Å². The number of hydrogen-bond donors (Lipinski definition) is 2. The standard InChI is InChI=1S/C14H20N2O2/c1-3-14(2,8-10-17)16-13(18)7-6-12-5-4-9-15-11-12/h4-7,9,11,17H,3,8,10H2,1-2H3,(H,16,18)/b7-6+. The minimum atomic E-state index is -0.356. The van der Waals surface area contributed by atoms with Gasteiger partial charge in [-0.3, -0.25) is 9.78 Å². The summed E-state index contributed by atoms with van der Waals surface area (Å²) in [5, 5.41) is 11.9. The van der Waals surface area contributed by atoms with E-state index in [4.69, 9.17) is 5.11 Å². The molecule has 1 atom stereocenters. The molecule has 1 aromatic rings. The first-order valence-electron chi connectivity index (χ1n) is 6.11. The number of hydrogen-bond acceptors (Lipinski definition) is 3. The van der Waals surface area contributed by atoms with Gasteiger partial charge < -0.3 is 10.4 Å². The lowest BCUT2D eigenvalue weighted by molar-refractivity contribution is -0.118. The highest BCUT2D eigenvalue weighted by atomic mass is 16.3. The fourth-order valence-electron chi connectivity index (χ4n) is 1.56. The summed E-state index contributed by atoms with van der Waals surface area (Å²) < 4.78 is 0. The maximum absolute atomic E-state index is 11.8. The molecule has 0 fully saturated rings. The van der Waals surface area contributed by atoms with E-state index in [1.165, 1.54) is 6.08 Å². The summed E-state index contributed by atoms with van der Waals surface area (Å²) in [5.74, 6) is -0.156. The molecular weight excluding hydrogens is 228 g/mol. The predicted molar refractivity (Wildman–Crippen MR) is 71.8 cm³/mol. The molecule has 1 unspecified atom stereocenters. The number of aliphatic hydroxyl groups excluding tert-OH is 1. The van der Waals surface area contributed by atoms with Gasteiger partial charge >= 0.3 is 0 Å². The highest BCUT2D eigenvalue weighted by molar-refractivity contribution is 5.92. The van der Waals surface area contributed by atoms with Crippen molar-refractivity contribution in [3.63, 3.8) is 0 Å². The van der Waals surface area contributed by atoms with Gasteiger partial charge in [0.2, 0.25) is 5.91 Å². The first kappa shape index (κ1) is 14.4. The van der Waals surface area contributed by atoms with Crippen LogP contribution in [0.15, 0.2) is 30.6 Å². The van der Waals surface area contributed by atoms with Crippen molar-refractivity contribution < 1.29 is 9.90 Å². The molecule has 18 heavy (non-hydrogen) atoms. The first-order valence-corrected chi connectivity index (χ1v) is 6.11. The normalized spacial score (nSPS) is 14.4. The van der Waals surface area contributed by atoms with E-state index in [0.717, 1.165) is 12.0 Å². The summed E-state index contributed by atoms with van der Waals surface area (Å²) in [5.41, 5.74) is 0.526. The zero-order valence-corrected chi connectivity index (χ0v) is 10.9. The lowest BCUT2D eigenvalue weighted by Crippen LogP contribution is -2.45. The molecule has 0 radical (unpaired) electrons. The second-order valence-corrected chi connectivity index (χ2v) is 4.50. The average molecular weight is 248 g/mol. The van der Waals surface area contributed by atoms with Crippen molar-refractivity contribution in [2.24, 2.45) is 0 Å². The van der Waals surface area contributed by atoms with Gasteiger partial charge in [0, 0.05) is 30.6 Å². The Balaban J connectivity index is 2.58. The van der Waals surface area contributed by atoms with E-state index in [9.17, 15) is 4.79 Å². The molecule has 0 aliphatic heterocycles. The number of pyridine rings is 1. The SMILES string of the molecule is CCC(C)(CCO)NC(=O)/C=C/c1cccnc1. The molecule has 0 aromatic carbocycles. The molecule has 1 amide bonds. The number of nitrogens with one attached hydrogen (secondary N) is 1. The van der Waals surface area contributed by atoms with Gasteiger partial charge in [-0.1, -0.05) is 13.0 Å². The van der Waals surface area contributed by atoms with Crippen molar-refractivity contribution in [1.29, 1.82) is 0 Å². The van der Waals surface area contributed by atoms with Gasteiger partial charge in [0.25, 0.3) is 0 Å². The van der Waals surface area contributed by atoms with Crippen LogP contribution in [-0.4, -0.2) is 28.1 Å². The Labute approximate surface area is 108 Å². The van der Waals surface area contributed by atoms with Crippen LogP contribution in [0.25, 0.3) is 6.08 Å². The van der Waals surface area contributed by atoms with E-state index >= 15 is 0 Å². The topological polar surface area (TPSA) is 62.2 Å². The largest absolute Gasteiger partial charge is 0.396 e. The maximum atomic E-state index is 11.8. The van der Waals surface area contributed by atoms with Crippen molar-refractivity contribution in [3.8, 4) is 0 Å². The third-order valence-electron chi connectivity index (χ3n) is 2.98. The zero-order chi connectivity index (χ0) is 13.4. The number of aromatic nitrogens is 1. The molecule has 2 N–H and O–H groups in total. The second-order valence-electron chi connectivity index (χ2n) is 4.50.